The highest BCUT2D eigenvalue weighted by atomic mass is 32.2. The molecule has 3 aliphatic heterocycles. The minimum Gasteiger partial charge on any atom is -0.390 e. The Morgan fingerprint density at radius 2 is 2.17 bits per heavy atom. The molecule has 5 atom stereocenters. The lowest BCUT2D eigenvalue weighted by atomic mass is 9.86. The monoisotopic (exact) mass is 343 g/mol. The second kappa shape index (κ2) is 8.39. The number of hydrogen-bond donors (Lipinski definition) is 2. The number of fused-ring (bicyclic) bond motifs is 6. The van der Waals surface area contributed by atoms with Crippen LogP contribution in [0.15, 0.2) is 0 Å². The Balaban J connectivity index is 1.46. The van der Waals surface area contributed by atoms with E-state index >= 15 is 0 Å². The molecule has 130 valence electrons. The standard InChI is InChI=1S/C14H23N4O4S/c19-12-9-4-1-2-6-21-14(13(12)20)22-10(9)8-23-7-3-5-11-15-17-18-16-11/h9-10,12-14,19-20H,1-8H2/q-1. The van der Waals surface area contributed by atoms with E-state index in [4.69, 9.17) is 9.47 Å². The van der Waals surface area contributed by atoms with E-state index < -0.39 is 18.5 Å². The summed E-state index contributed by atoms with van der Waals surface area (Å²) in [5.41, 5.74) is 0. The second-order valence-electron chi connectivity index (χ2n) is 6.03. The van der Waals surface area contributed by atoms with Crippen LogP contribution in [0.1, 0.15) is 31.5 Å². The van der Waals surface area contributed by atoms with Crippen molar-refractivity contribution in [2.45, 2.75) is 56.7 Å². The molecule has 3 aliphatic rings. The van der Waals surface area contributed by atoms with Crippen LogP contribution in [0.2, 0.25) is 0 Å². The van der Waals surface area contributed by atoms with Gasteiger partial charge in [-0.2, -0.15) is 17.0 Å². The first kappa shape index (κ1) is 17.1. The third-order valence-electron chi connectivity index (χ3n) is 4.40. The fourth-order valence-electron chi connectivity index (χ4n) is 3.12. The van der Waals surface area contributed by atoms with Crippen LogP contribution in [0, 0.1) is 5.92 Å². The van der Waals surface area contributed by atoms with Gasteiger partial charge in [0, 0.05) is 24.1 Å². The zero-order chi connectivity index (χ0) is 16.1. The number of aromatic nitrogens is 4. The maximum Gasteiger partial charge on any atom is 0.186 e. The summed E-state index contributed by atoms with van der Waals surface area (Å²) in [4.78, 5) is 0. The third-order valence-corrected chi connectivity index (χ3v) is 5.54. The van der Waals surface area contributed by atoms with Crippen molar-refractivity contribution in [3.8, 4) is 0 Å². The molecule has 0 aromatic carbocycles. The van der Waals surface area contributed by atoms with Crippen LogP contribution in [0.25, 0.3) is 0 Å². The first-order chi connectivity index (χ1) is 11.3. The van der Waals surface area contributed by atoms with E-state index in [0.29, 0.717) is 12.4 Å². The molecule has 4 rings (SSSR count). The van der Waals surface area contributed by atoms with Gasteiger partial charge in [0.05, 0.1) is 12.2 Å². The average Bonchev–Trinajstić information content (AvgIpc) is 3.09. The molecule has 0 spiro atoms. The van der Waals surface area contributed by atoms with Crippen LogP contribution < -0.4 is 5.10 Å². The van der Waals surface area contributed by atoms with E-state index in [0.717, 1.165) is 43.6 Å². The summed E-state index contributed by atoms with van der Waals surface area (Å²) in [5, 5.41) is 35.0. The smallest absolute Gasteiger partial charge is 0.186 e. The van der Waals surface area contributed by atoms with E-state index in [-0.39, 0.29) is 12.0 Å². The zero-order valence-electron chi connectivity index (χ0n) is 13.0. The van der Waals surface area contributed by atoms with Crippen LogP contribution in [0.3, 0.4) is 0 Å². The van der Waals surface area contributed by atoms with Crippen LogP contribution in [0.4, 0.5) is 0 Å². The van der Waals surface area contributed by atoms with Crippen molar-refractivity contribution in [1.82, 2.24) is 20.6 Å². The molecule has 4 heterocycles. The lowest BCUT2D eigenvalue weighted by molar-refractivity contribution is -0.277. The summed E-state index contributed by atoms with van der Waals surface area (Å²) in [6.45, 7) is 0.572. The molecular formula is C14H23N4O4S-. The molecule has 23 heavy (non-hydrogen) atoms. The molecular weight excluding hydrogens is 320 g/mol. The Morgan fingerprint density at radius 3 is 3.00 bits per heavy atom. The van der Waals surface area contributed by atoms with Crippen molar-refractivity contribution in [3.05, 3.63) is 5.82 Å². The van der Waals surface area contributed by atoms with Crippen molar-refractivity contribution in [3.63, 3.8) is 0 Å². The van der Waals surface area contributed by atoms with Gasteiger partial charge in [-0.25, -0.2) is 0 Å². The zero-order valence-corrected chi connectivity index (χ0v) is 13.8. The molecule has 2 bridgehead atoms. The number of nitrogens with zero attached hydrogens (tertiary/aromatic N) is 4. The summed E-state index contributed by atoms with van der Waals surface area (Å²) in [6, 6.07) is 0. The number of tetrazole rings is 1. The molecule has 0 saturated carbocycles. The molecule has 1 aromatic rings. The summed E-state index contributed by atoms with van der Waals surface area (Å²) in [6.07, 6.45) is 1.99. The second-order valence-corrected chi connectivity index (χ2v) is 7.18. The average molecular weight is 343 g/mol. The number of aryl methyl sites for hydroxylation is 1. The van der Waals surface area contributed by atoms with E-state index in [1.807, 2.05) is 0 Å². The Bertz CT molecular complexity index is 462. The van der Waals surface area contributed by atoms with Gasteiger partial charge in [-0.1, -0.05) is 6.42 Å². The molecule has 2 N–H and O–H groups in total. The van der Waals surface area contributed by atoms with E-state index in [1.165, 1.54) is 0 Å². The number of aliphatic hydroxyl groups is 2. The molecule has 0 radical (unpaired) electrons. The highest BCUT2D eigenvalue weighted by Gasteiger charge is 2.44. The molecule has 0 aliphatic carbocycles. The van der Waals surface area contributed by atoms with Crippen LogP contribution in [-0.4, -0.2) is 68.5 Å². The maximum absolute atomic E-state index is 10.3. The Labute approximate surface area is 139 Å². The number of aliphatic hydroxyl groups excluding tert-OH is 2. The minimum atomic E-state index is -0.950. The Morgan fingerprint density at radius 1 is 1.26 bits per heavy atom. The minimum absolute atomic E-state index is 0.0257. The van der Waals surface area contributed by atoms with Crippen LogP contribution in [-0.2, 0) is 15.9 Å². The molecule has 1 aromatic heterocycles. The normalized spacial score (nSPS) is 34.8. The molecule has 9 heteroatoms. The lowest BCUT2D eigenvalue weighted by Crippen LogP contribution is -2.55. The van der Waals surface area contributed by atoms with Crippen molar-refractivity contribution < 1.29 is 19.7 Å². The summed E-state index contributed by atoms with van der Waals surface area (Å²) >= 11 is 1.78. The topological polar surface area (TPSA) is 112 Å². The Hall–Kier alpha value is -0.740. The highest BCUT2D eigenvalue weighted by molar-refractivity contribution is 7.99. The molecule has 3 fully saturated rings. The van der Waals surface area contributed by atoms with Crippen molar-refractivity contribution in [2.75, 3.05) is 18.1 Å². The van der Waals surface area contributed by atoms with Crippen molar-refractivity contribution >= 4 is 11.8 Å². The van der Waals surface area contributed by atoms with Crippen LogP contribution >= 0.6 is 11.8 Å². The largest absolute Gasteiger partial charge is 0.390 e. The maximum atomic E-state index is 10.3. The number of hydrogen-bond acceptors (Lipinski definition) is 8. The van der Waals surface area contributed by atoms with Crippen LogP contribution in [0.5, 0.6) is 0 Å². The summed E-state index contributed by atoms with van der Waals surface area (Å²) in [7, 11) is 0. The highest BCUT2D eigenvalue weighted by Crippen LogP contribution is 2.33. The number of thioether (sulfide) groups is 1. The van der Waals surface area contributed by atoms with Gasteiger partial charge in [0.2, 0.25) is 0 Å². The first-order valence-corrected chi connectivity index (χ1v) is 9.29. The summed E-state index contributed by atoms with van der Waals surface area (Å²) in [5.74, 6) is 2.38. The number of rotatable bonds is 6. The Kier molecular flexibility index (Phi) is 6.23. The fraction of sp³-hybridized carbons (Fsp3) is 0.929. The van der Waals surface area contributed by atoms with Crippen molar-refractivity contribution in [1.29, 1.82) is 0 Å². The van der Waals surface area contributed by atoms with Crippen molar-refractivity contribution in [2.24, 2.45) is 5.92 Å². The van der Waals surface area contributed by atoms with Gasteiger partial charge in [0.1, 0.15) is 6.10 Å². The lowest BCUT2D eigenvalue weighted by Gasteiger charge is -2.42. The molecule has 0 amide bonds. The summed E-state index contributed by atoms with van der Waals surface area (Å²) < 4.78 is 11.5. The third kappa shape index (κ3) is 4.42. The first-order valence-electron chi connectivity index (χ1n) is 8.14. The van der Waals surface area contributed by atoms with E-state index in [2.05, 4.69) is 20.6 Å². The van der Waals surface area contributed by atoms with Gasteiger partial charge >= 0.3 is 0 Å². The molecule has 5 unspecified atom stereocenters. The van der Waals surface area contributed by atoms with Gasteiger partial charge in [-0.3, -0.25) is 10.3 Å². The van der Waals surface area contributed by atoms with E-state index in [9.17, 15) is 10.2 Å². The quantitative estimate of drug-likeness (QED) is 0.676. The molecule has 8 nitrogen and oxygen atoms in total. The van der Waals surface area contributed by atoms with Gasteiger partial charge in [-0.15, -0.1) is 0 Å². The molecule has 3 saturated heterocycles. The van der Waals surface area contributed by atoms with Gasteiger partial charge in [0.15, 0.2) is 6.29 Å². The predicted octanol–water partition coefficient (Wildman–Crippen LogP) is -0.242. The number of ether oxygens (including phenoxy) is 2. The fourth-order valence-corrected chi connectivity index (χ4v) is 4.20. The van der Waals surface area contributed by atoms with E-state index in [1.54, 1.807) is 11.8 Å². The SMILES string of the molecule is OC1C2OCCCCC(C(CSCCCc3nnn[n-]3)O2)C1O. The van der Waals surface area contributed by atoms with Gasteiger partial charge in [0.25, 0.3) is 0 Å². The van der Waals surface area contributed by atoms with Gasteiger partial charge in [-0.05, 0) is 31.4 Å². The van der Waals surface area contributed by atoms with Gasteiger partial charge < -0.3 is 24.8 Å². The predicted molar refractivity (Wildman–Crippen MR) is 82.8 cm³/mol.